The van der Waals surface area contributed by atoms with Crippen molar-refractivity contribution in [2.24, 2.45) is 0 Å². The Bertz CT molecular complexity index is 370. The van der Waals surface area contributed by atoms with Gasteiger partial charge in [0.25, 0.3) is 0 Å². The number of pyridine rings is 1. The number of aryl methyl sites for hydroxylation is 1. The van der Waals surface area contributed by atoms with Crippen LogP contribution in [-0.2, 0) is 6.54 Å². The lowest BCUT2D eigenvalue weighted by Gasteiger charge is -2.29. The average Bonchev–Trinajstić information content (AvgIpc) is 2.81. The second-order valence-corrected chi connectivity index (χ2v) is 5.69. The third kappa shape index (κ3) is 3.79. The summed E-state index contributed by atoms with van der Waals surface area (Å²) in [7, 11) is 0. The van der Waals surface area contributed by atoms with E-state index in [1.165, 1.54) is 30.5 Å². The van der Waals surface area contributed by atoms with Crippen LogP contribution in [0.1, 0.15) is 37.8 Å². The molecule has 1 saturated heterocycles. The Labute approximate surface area is 111 Å². The van der Waals surface area contributed by atoms with Crippen LogP contribution in [0, 0.1) is 6.92 Å². The minimum absolute atomic E-state index is 0.577. The summed E-state index contributed by atoms with van der Waals surface area (Å²) in [5, 5.41) is 3.58. The molecule has 3 heteroatoms. The fourth-order valence-corrected chi connectivity index (χ4v) is 2.59. The summed E-state index contributed by atoms with van der Waals surface area (Å²) in [6, 6.07) is 3.49. The highest BCUT2D eigenvalue weighted by Gasteiger charge is 2.19. The van der Waals surface area contributed by atoms with Crippen molar-refractivity contribution in [1.29, 1.82) is 0 Å². The highest BCUT2D eigenvalue weighted by Crippen LogP contribution is 2.13. The van der Waals surface area contributed by atoms with Crippen LogP contribution in [-0.4, -0.2) is 35.1 Å². The zero-order valence-corrected chi connectivity index (χ0v) is 11.8. The summed E-state index contributed by atoms with van der Waals surface area (Å²) in [5.74, 6) is 0. The average molecular weight is 247 g/mol. The van der Waals surface area contributed by atoms with Crippen molar-refractivity contribution in [3.05, 3.63) is 29.6 Å². The van der Waals surface area contributed by atoms with Gasteiger partial charge in [-0.1, -0.05) is 6.07 Å². The Balaban J connectivity index is 1.97. The Morgan fingerprint density at radius 3 is 2.89 bits per heavy atom. The van der Waals surface area contributed by atoms with Crippen LogP contribution in [0.25, 0.3) is 0 Å². The van der Waals surface area contributed by atoms with E-state index in [2.05, 4.69) is 42.0 Å². The van der Waals surface area contributed by atoms with E-state index in [9.17, 15) is 0 Å². The number of rotatable bonds is 5. The fraction of sp³-hybridized carbons (Fsp3) is 0.667. The van der Waals surface area contributed by atoms with Crippen LogP contribution in [0.15, 0.2) is 18.5 Å². The lowest BCUT2D eigenvalue weighted by molar-refractivity contribution is 0.194. The molecule has 1 atom stereocenters. The van der Waals surface area contributed by atoms with E-state index in [1.54, 1.807) is 0 Å². The van der Waals surface area contributed by atoms with Crippen molar-refractivity contribution in [2.45, 2.75) is 52.2 Å². The molecular weight excluding hydrogens is 222 g/mol. The van der Waals surface area contributed by atoms with Crippen molar-refractivity contribution in [1.82, 2.24) is 15.2 Å². The summed E-state index contributed by atoms with van der Waals surface area (Å²) < 4.78 is 0. The van der Waals surface area contributed by atoms with Crippen LogP contribution < -0.4 is 5.32 Å². The van der Waals surface area contributed by atoms with Crippen LogP contribution in [0.5, 0.6) is 0 Å². The smallest absolute Gasteiger partial charge is 0.0313 e. The van der Waals surface area contributed by atoms with Gasteiger partial charge in [0.2, 0.25) is 0 Å². The molecule has 1 aliphatic rings. The molecule has 0 radical (unpaired) electrons. The Kier molecular flexibility index (Phi) is 4.72. The van der Waals surface area contributed by atoms with E-state index >= 15 is 0 Å². The van der Waals surface area contributed by atoms with Crippen molar-refractivity contribution in [3.8, 4) is 0 Å². The molecule has 0 amide bonds. The molecular formula is C15H25N3. The molecule has 1 aliphatic heterocycles. The molecule has 0 bridgehead atoms. The van der Waals surface area contributed by atoms with Crippen LogP contribution in [0.3, 0.4) is 0 Å². The van der Waals surface area contributed by atoms with Gasteiger partial charge in [0.1, 0.15) is 0 Å². The van der Waals surface area contributed by atoms with Gasteiger partial charge in [-0.15, -0.1) is 0 Å². The van der Waals surface area contributed by atoms with Crippen LogP contribution in [0.4, 0.5) is 0 Å². The molecule has 0 spiro atoms. The third-order valence-corrected chi connectivity index (χ3v) is 3.66. The van der Waals surface area contributed by atoms with E-state index in [-0.39, 0.29) is 0 Å². The standard InChI is InChI=1S/C15H25N3/c1-12(2)18(11-15-5-4-6-17-15)10-14-7-13(3)8-16-9-14/h7-9,12,15,17H,4-6,10-11H2,1-3H3. The topological polar surface area (TPSA) is 28.2 Å². The number of hydrogen-bond donors (Lipinski definition) is 1. The molecule has 0 aromatic carbocycles. The SMILES string of the molecule is Cc1cncc(CN(CC2CCCN2)C(C)C)c1. The maximum atomic E-state index is 4.29. The summed E-state index contributed by atoms with van der Waals surface area (Å²) in [4.78, 5) is 6.83. The molecule has 100 valence electrons. The number of aromatic nitrogens is 1. The van der Waals surface area contributed by atoms with Gasteiger partial charge < -0.3 is 5.32 Å². The van der Waals surface area contributed by atoms with E-state index < -0.39 is 0 Å². The molecule has 0 saturated carbocycles. The second-order valence-electron chi connectivity index (χ2n) is 5.69. The maximum Gasteiger partial charge on any atom is 0.0313 e. The fourth-order valence-electron chi connectivity index (χ4n) is 2.59. The number of nitrogens with one attached hydrogen (secondary N) is 1. The normalized spacial score (nSPS) is 19.9. The predicted molar refractivity (Wildman–Crippen MR) is 75.5 cm³/mol. The van der Waals surface area contributed by atoms with Crippen molar-refractivity contribution in [2.75, 3.05) is 13.1 Å². The zero-order valence-electron chi connectivity index (χ0n) is 11.8. The lowest BCUT2D eigenvalue weighted by Crippen LogP contribution is -2.40. The number of hydrogen-bond acceptors (Lipinski definition) is 3. The first kappa shape index (κ1) is 13.5. The van der Waals surface area contributed by atoms with Gasteiger partial charge >= 0.3 is 0 Å². The molecule has 1 N–H and O–H groups in total. The first-order valence-corrected chi connectivity index (χ1v) is 7.03. The van der Waals surface area contributed by atoms with Gasteiger partial charge in [-0.25, -0.2) is 0 Å². The van der Waals surface area contributed by atoms with E-state index in [0.29, 0.717) is 12.1 Å². The highest BCUT2D eigenvalue weighted by atomic mass is 15.2. The summed E-state index contributed by atoms with van der Waals surface area (Å²) in [6.45, 7) is 9.99. The quantitative estimate of drug-likeness (QED) is 0.865. The van der Waals surface area contributed by atoms with E-state index in [1.807, 2.05) is 12.4 Å². The monoisotopic (exact) mass is 247 g/mol. The lowest BCUT2D eigenvalue weighted by atomic mass is 10.1. The second kappa shape index (κ2) is 6.30. The maximum absolute atomic E-state index is 4.29. The molecule has 3 nitrogen and oxygen atoms in total. The van der Waals surface area contributed by atoms with Gasteiger partial charge in [0, 0.05) is 37.6 Å². The first-order chi connectivity index (χ1) is 8.65. The van der Waals surface area contributed by atoms with Gasteiger partial charge in [-0.3, -0.25) is 9.88 Å². The van der Waals surface area contributed by atoms with Gasteiger partial charge in [0.05, 0.1) is 0 Å². The molecule has 1 aromatic rings. The summed E-state index contributed by atoms with van der Waals surface area (Å²) >= 11 is 0. The molecule has 1 unspecified atom stereocenters. The molecule has 18 heavy (non-hydrogen) atoms. The number of nitrogens with zero attached hydrogens (tertiary/aromatic N) is 2. The first-order valence-electron chi connectivity index (χ1n) is 7.03. The zero-order chi connectivity index (χ0) is 13.0. The molecule has 2 rings (SSSR count). The van der Waals surface area contributed by atoms with Crippen molar-refractivity contribution < 1.29 is 0 Å². The summed E-state index contributed by atoms with van der Waals surface area (Å²) in [5.41, 5.74) is 2.57. The van der Waals surface area contributed by atoms with Gasteiger partial charge in [-0.2, -0.15) is 0 Å². The molecule has 1 fully saturated rings. The van der Waals surface area contributed by atoms with Gasteiger partial charge in [-0.05, 0) is 51.3 Å². The van der Waals surface area contributed by atoms with E-state index in [0.717, 1.165) is 13.1 Å². The van der Waals surface area contributed by atoms with Crippen LogP contribution in [0.2, 0.25) is 0 Å². The van der Waals surface area contributed by atoms with Crippen molar-refractivity contribution >= 4 is 0 Å². The van der Waals surface area contributed by atoms with Gasteiger partial charge in [0.15, 0.2) is 0 Å². The Morgan fingerprint density at radius 2 is 2.28 bits per heavy atom. The highest BCUT2D eigenvalue weighted by molar-refractivity contribution is 5.16. The predicted octanol–water partition coefficient (Wildman–Crippen LogP) is 2.35. The Morgan fingerprint density at radius 1 is 1.44 bits per heavy atom. The van der Waals surface area contributed by atoms with E-state index in [4.69, 9.17) is 0 Å². The van der Waals surface area contributed by atoms with Crippen molar-refractivity contribution in [3.63, 3.8) is 0 Å². The molecule has 2 heterocycles. The molecule has 1 aromatic heterocycles. The van der Waals surface area contributed by atoms with Crippen LogP contribution >= 0.6 is 0 Å². The molecule has 0 aliphatic carbocycles. The summed E-state index contributed by atoms with van der Waals surface area (Å²) in [6.07, 6.45) is 6.55. The largest absolute Gasteiger partial charge is 0.313 e. The Hall–Kier alpha value is -0.930. The third-order valence-electron chi connectivity index (χ3n) is 3.66. The minimum atomic E-state index is 0.577. The minimum Gasteiger partial charge on any atom is -0.313 e.